The number of benzene rings is 4. The van der Waals surface area contributed by atoms with Crippen LogP contribution in [0.5, 0.6) is 11.5 Å². The van der Waals surface area contributed by atoms with E-state index < -0.39 is 34.3 Å². The zero-order valence-corrected chi connectivity index (χ0v) is 29.0. The molecular formula is C38H39ClFN3O6S. The van der Waals surface area contributed by atoms with Crippen LogP contribution in [0, 0.1) is 5.82 Å². The molecule has 50 heavy (non-hydrogen) atoms. The van der Waals surface area contributed by atoms with Gasteiger partial charge in [0.1, 0.15) is 31.6 Å². The molecule has 2 aliphatic rings. The number of carbonyl (C=O) groups is 2. The predicted molar refractivity (Wildman–Crippen MR) is 189 cm³/mol. The Kier molecular flexibility index (Phi) is 11.2. The van der Waals surface area contributed by atoms with Crippen LogP contribution in [0.25, 0.3) is 0 Å². The number of rotatable bonds is 12. The molecule has 0 radical (unpaired) electrons. The Morgan fingerprint density at radius 1 is 0.860 bits per heavy atom. The molecule has 0 aromatic heterocycles. The molecule has 0 unspecified atom stereocenters. The van der Waals surface area contributed by atoms with Crippen molar-refractivity contribution in [3.63, 3.8) is 0 Å². The van der Waals surface area contributed by atoms with E-state index in [4.69, 9.17) is 21.1 Å². The first-order chi connectivity index (χ1) is 24.2. The van der Waals surface area contributed by atoms with E-state index in [9.17, 15) is 22.4 Å². The molecule has 0 spiro atoms. The third-order valence-corrected chi connectivity index (χ3v) is 11.2. The molecule has 1 atom stereocenters. The summed E-state index contributed by atoms with van der Waals surface area (Å²) >= 11 is 6.60. The summed E-state index contributed by atoms with van der Waals surface area (Å²) in [5.74, 6) is -0.887. The molecule has 0 bridgehead atoms. The average Bonchev–Trinajstić information content (AvgIpc) is 3.13. The van der Waals surface area contributed by atoms with Crippen LogP contribution in [-0.2, 0) is 32.6 Å². The third-order valence-electron chi connectivity index (χ3n) is 9.02. The molecule has 6 rings (SSSR count). The Morgan fingerprint density at radius 3 is 2.26 bits per heavy atom. The molecular weight excluding hydrogens is 681 g/mol. The van der Waals surface area contributed by atoms with Crippen LogP contribution in [0.2, 0.25) is 5.02 Å². The second-order valence-corrected chi connectivity index (χ2v) is 14.7. The van der Waals surface area contributed by atoms with Gasteiger partial charge < -0.3 is 19.7 Å². The van der Waals surface area contributed by atoms with Crippen molar-refractivity contribution in [1.29, 1.82) is 0 Å². The van der Waals surface area contributed by atoms with Gasteiger partial charge >= 0.3 is 0 Å². The number of hydrogen-bond donors (Lipinski definition) is 1. The van der Waals surface area contributed by atoms with Gasteiger partial charge in [-0.25, -0.2) is 12.8 Å². The Labute approximate surface area is 297 Å². The lowest BCUT2D eigenvalue weighted by Crippen LogP contribution is -2.55. The fourth-order valence-corrected chi connectivity index (χ4v) is 7.98. The molecule has 4 aromatic carbocycles. The van der Waals surface area contributed by atoms with Crippen molar-refractivity contribution < 1.29 is 31.9 Å². The first kappa shape index (κ1) is 35.2. The molecule has 1 N–H and O–H groups in total. The zero-order valence-electron chi connectivity index (χ0n) is 27.5. The topological polar surface area (TPSA) is 105 Å². The molecule has 1 aliphatic heterocycles. The number of anilines is 1. The monoisotopic (exact) mass is 719 g/mol. The molecule has 1 heterocycles. The van der Waals surface area contributed by atoms with Gasteiger partial charge in [-0.15, -0.1) is 0 Å². The number of halogens is 2. The Balaban J connectivity index is 1.40. The van der Waals surface area contributed by atoms with Crippen LogP contribution in [0.4, 0.5) is 10.1 Å². The molecule has 9 nitrogen and oxygen atoms in total. The summed E-state index contributed by atoms with van der Waals surface area (Å²) in [7, 11) is -4.44. The number of nitrogens with one attached hydrogen (secondary N) is 1. The predicted octanol–water partition coefficient (Wildman–Crippen LogP) is 6.53. The van der Waals surface area contributed by atoms with Crippen molar-refractivity contribution in [3.05, 3.63) is 119 Å². The van der Waals surface area contributed by atoms with Gasteiger partial charge in [-0.1, -0.05) is 79.4 Å². The van der Waals surface area contributed by atoms with E-state index in [-0.39, 0.29) is 47.9 Å². The minimum absolute atomic E-state index is 0.0295. The summed E-state index contributed by atoms with van der Waals surface area (Å²) in [6.45, 7) is -0.168. The molecule has 262 valence electrons. The van der Waals surface area contributed by atoms with E-state index in [1.807, 2.05) is 30.3 Å². The average molecular weight is 720 g/mol. The van der Waals surface area contributed by atoms with Gasteiger partial charge in [0.15, 0.2) is 11.5 Å². The van der Waals surface area contributed by atoms with Crippen LogP contribution in [0.15, 0.2) is 102 Å². The maximum Gasteiger partial charge on any atom is 0.264 e. The smallest absolute Gasteiger partial charge is 0.264 e. The zero-order chi connectivity index (χ0) is 35.1. The second kappa shape index (κ2) is 15.9. The minimum atomic E-state index is -4.44. The quantitative estimate of drug-likeness (QED) is 0.179. The second-order valence-electron chi connectivity index (χ2n) is 12.5. The SMILES string of the molecule is O=C(NC1CCCCC1)[C@@H](Cc1ccccc1)N(Cc1ccccc1Cl)C(=O)CN(c1ccc(F)cc1)S(=O)(=O)c1ccc2c(c1)OCCO2. The normalized spacial score (nSPS) is 15.2. The number of hydrogen-bond acceptors (Lipinski definition) is 6. The standard InChI is InChI=1S/C38H39ClFN3O6S/c39-33-14-8-7-11-28(33)25-42(34(23-27-9-3-1-4-10-27)38(45)41-30-12-5-2-6-13-30)37(44)26-43(31-17-15-29(40)16-18-31)50(46,47)32-19-20-35-36(24-32)49-22-21-48-35/h1,3-4,7-11,14-20,24,30,34H,2,5-6,12-13,21-23,25-26H2,(H,41,45)/t34-/m1/s1. The summed E-state index contributed by atoms with van der Waals surface area (Å²) in [4.78, 5) is 30.2. The summed E-state index contributed by atoms with van der Waals surface area (Å²) in [6.07, 6.45) is 4.97. The van der Waals surface area contributed by atoms with Gasteiger partial charge in [0, 0.05) is 30.1 Å². The molecule has 12 heteroatoms. The lowest BCUT2D eigenvalue weighted by molar-refractivity contribution is -0.140. The van der Waals surface area contributed by atoms with E-state index in [0.717, 1.165) is 54.1 Å². The Morgan fingerprint density at radius 2 is 1.54 bits per heavy atom. The number of fused-ring (bicyclic) bond motifs is 1. The van der Waals surface area contributed by atoms with Gasteiger partial charge in [0.05, 0.1) is 10.6 Å². The van der Waals surface area contributed by atoms with Gasteiger partial charge in [-0.2, -0.15) is 0 Å². The first-order valence-corrected chi connectivity index (χ1v) is 18.6. The molecule has 0 saturated heterocycles. The molecule has 1 saturated carbocycles. The molecule has 1 aliphatic carbocycles. The van der Waals surface area contributed by atoms with Gasteiger partial charge in [-0.3, -0.25) is 13.9 Å². The van der Waals surface area contributed by atoms with Crippen molar-refractivity contribution in [2.45, 2.75) is 62.0 Å². The van der Waals surface area contributed by atoms with Gasteiger partial charge in [-0.05, 0) is 66.4 Å². The van der Waals surface area contributed by atoms with E-state index in [1.54, 1.807) is 24.3 Å². The van der Waals surface area contributed by atoms with E-state index in [2.05, 4.69) is 5.32 Å². The van der Waals surface area contributed by atoms with Crippen molar-refractivity contribution >= 4 is 39.1 Å². The fourth-order valence-electron chi connectivity index (χ4n) is 6.36. The van der Waals surface area contributed by atoms with Gasteiger partial charge in [0.25, 0.3) is 10.0 Å². The van der Waals surface area contributed by atoms with Crippen molar-refractivity contribution in [2.75, 3.05) is 24.1 Å². The molecule has 1 fully saturated rings. The highest BCUT2D eigenvalue weighted by Crippen LogP contribution is 2.34. The number of amides is 2. The van der Waals surface area contributed by atoms with E-state index in [0.29, 0.717) is 22.9 Å². The summed E-state index contributed by atoms with van der Waals surface area (Å²) < 4.78 is 55.0. The van der Waals surface area contributed by atoms with Crippen LogP contribution in [0.1, 0.15) is 43.2 Å². The minimum Gasteiger partial charge on any atom is -0.486 e. The van der Waals surface area contributed by atoms with Crippen LogP contribution >= 0.6 is 11.6 Å². The molecule has 4 aromatic rings. The van der Waals surface area contributed by atoms with Gasteiger partial charge in [0.2, 0.25) is 11.8 Å². The summed E-state index contributed by atoms with van der Waals surface area (Å²) in [6, 6.07) is 24.4. The highest BCUT2D eigenvalue weighted by atomic mass is 35.5. The number of carbonyl (C=O) groups excluding carboxylic acids is 2. The lowest BCUT2D eigenvalue weighted by Gasteiger charge is -2.35. The third kappa shape index (κ3) is 8.39. The van der Waals surface area contributed by atoms with E-state index in [1.165, 1.54) is 35.2 Å². The van der Waals surface area contributed by atoms with Crippen LogP contribution in [0.3, 0.4) is 0 Å². The first-order valence-electron chi connectivity index (χ1n) is 16.7. The van der Waals surface area contributed by atoms with Crippen LogP contribution < -0.4 is 19.1 Å². The van der Waals surface area contributed by atoms with Crippen LogP contribution in [-0.4, -0.2) is 57.0 Å². The largest absolute Gasteiger partial charge is 0.486 e. The fraction of sp³-hybridized carbons (Fsp3) is 0.316. The number of ether oxygens (including phenoxy) is 2. The Hall–Kier alpha value is -4.61. The van der Waals surface area contributed by atoms with Crippen molar-refractivity contribution in [3.8, 4) is 11.5 Å². The maximum atomic E-state index is 14.7. The summed E-state index contributed by atoms with van der Waals surface area (Å²) in [5, 5.41) is 3.59. The Bertz CT molecular complexity index is 1910. The molecule has 2 amide bonds. The highest BCUT2D eigenvalue weighted by molar-refractivity contribution is 7.92. The van der Waals surface area contributed by atoms with E-state index >= 15 is 0 Å². The summed E-state index contributed by atoms with van der Waals surface area (Å²) in [5.41, 5.74) is 1.49. The number of nitrogens with zero attached hydrogens (tertiary/aromatic N) is 2. The number of sulfonamides is 1. The van der Waals surface area contributed by atoms with Crippen molar-refractivity contribution in [1.82, 2.24) is 10.2 Å². The lowest BCUT2D eigenvalue weighted by atomic mass is 9.94. The van der Waals surface area contributed by atoms with Crippen molar-refractivity contribution in [2.24, 2.45) is 0 Å². The highest BCUT2D eigenvalue weighted by Gasteiger charge is 2.36. The maximum absolute atomic E-state index is 14.7.